The number of hydrogen-bond donors (Lipinski definition) is 5. The van der Waals surface area contributed by atoms with E-state index in [1.165, 1.54) is 12.4 Å². The predicted octanol–water partition coefficient (Wildman–Crippen LogP) is 1.92. The van der Waals surface area contributed by atoms with Crippen LogP contribution >= 0.6 is 0 Å². The molecule has 2 heterocycles. The number of terminal acetylenes is 1. The number of hydrogen-bond acceptors (Lipinski definition) is 8. The summed E-state index contributed by atoms with van der Waals surface area (Å²) in [5.41, 5.74) is 7.68. The van der Waals surface area contributed by atoms with Crippen molar-refractivity contribution in [3.05, 3.63) is 93.9 Å². The maximum absolute atomic E-state index is 12.6. The Hall–Kier alpha value is -5.44. The van der Waals surface area contributed by atoms with Crippen LogP contribution in [0.5, 0.6) is 5.75 Å². The van der Waals surface area contributed by atoms with Gasteiger partial charge in [0, 0.05) is 36.1 Å². The van der Waals surface area contributed by atoms with Gasteiger partial charge in [0.05, 0.1) is 7.11 Å². The topological polar surface area (TPSA) is 185 Å². The van der Waals surface area contributed by atoms with Gasteiger partial charge in [0.25, 0.3) is 11.9 Å². The fourth-order valence-corrected chi connectivity index (χ4v) is 3.22. The van der Waals surface area contributed by atoms with Crippen LogP contribution in [0.25, 0.3) is 5.95 Å². The minimum Gasteiger partial charge on any atom is -0.497 e. The average Bonchev–Trinajstić information content (AvgIpc) is 3.28. The number of aliphatic carboxylic acids is 1. The molecule has 0 saturated heterocycles. The van der Waals surface area contributed by atoms with Gasteiger partial charge in [0.1, 0.15) is 17.6 Å². The van der Waals surface area contributed by atoms with Crippen molar-refractivity contribution in [1.82, 2.24) is 24.7 Å². The van der Waals surface area contributed by atoms with Crippen molar-refractivity contribution in [2.45, 2.75) is 13.0 Å². The fourth-order valence-electron chi connectivity index (χ4n) is 3.22. The SMILES string of the molecule is C#Cc1cc(OC)cc([C@H](Nc2ccc(C(=N)N)cc2)c2nn(-c3ncccn3)c(=O)[nH]2)c1.CC(=O)O. The first-order valence-corrected chi connectivity index (χ1v) is 10.7. The van der Waals surface area contributed by atoms with Crippen molar-refractivity contribution >= 4 is 17.5 Å². The summed E-state index contributed by atoms with van der Waals surface area (Å²) in [7, 11) is 1.55. The molecule has 2 aromatic carbocycles. The largest absolute Gasteiger partial charge is 0.497 e. The van der Waals surface area contributed by atoms with Crippen molar-refractivity contribution in [3.63, 3.8) is 0 Å². The lowest BCUT2D eigenvalue weighted by molar-refractivity contribution is -0.134. The minimum absolute atomic E-state index is 0.0320. The van der Waals surface area contributed by atoms with Crippen LogP contribution in [-0.2, 0) is 4.79 Å². The smallest absolute Gasteiger partial charge is 0.350 e. The molecule has 0 aliphatic rings. The maximum atomic E-state index is 12.6. The number of ether oxygens (including phenoxy) is 1. The predicted molar refractivity (Wildman–Crippen MR) is 137 cm³/mol. The summed E-state index contributed by atoms with van der Waals surface area (Å²) in [6, 6.07) is 13.4. The second-order valence-corrected chi connectivity index (χ2v) is 7.50. The number of rotatable bonds is 7. The number of carbonyl (C=O) groups is 1. The van der Waals surface area contributed by atoms with E-state index in [2.05, 4.69) is 31.3 Å². The lowest BCUT2D eigenvalue weighted by Gasteiger charge is -2.19. The lowest BCUT2D eigenvalue weighted by Crippen LogP contribution is -2.18. The van der Waals surface area contributed by atoms with E-state index in [0.717, 1.165) is 11.6 Å². The maximum Gasteiger partial charge on any atom is 0.350 e. The van der Waals surface area contributed by atoms with Crippen LogP contribution in [0.4, 0.5) is 5.69 Å². The monoisotopic (exact) mass is 500 g/mol. The molecule has 0 radical (unpaired) electrons. The second-order valence-electron chi connectivity index (χ2n) is 7.50. The molecule has 0 fully saturated rings. The highest BCUT2D eigenvalue weighted by molar-refractivity contribution is 5.95. The van der Waals surface area contributed by atoms with Gasteiger partial charge in [-0.05, 0) is 54.1 Å². The van der Waals surface area contributed by atoms with E-state index in [0.29, 0.717) is 34.0 Å². The molecule has 12 heteroatoms. The Morgan fingerprint density at radius 3 is 2.46 bits per heavy atom. The number of nitrogens with zero attached hydrogens (tertiary/aromatic N) is 4. The number of carboxylic acid groups (broad SMARTS) is 1. The van der Waals surface area contributed by atoms with E-state index in [1.54, 1.807) is 55.6 Å². The van der Waals surface area contributed by atoms with Crippen LogP contribution in [0.1, 0.15) is 35.5 Å². The van der Waals surface area contributed by atoms with E-state index in [1.807, 2.05) is 0 Å². The number of methoxy groups -OCH3 is 1. The van der Waals surface area contributed by atoms with Crippen molar-refractivity contribution in [3.8, 4) is 24.0 Å². The van der Waals surface area contributed by atoms with E-state index in [-0.39, 0.29) is 11.8 Å². The molecule has 0 unspecified atom stereocenters. The molecule has 188 valence electrons. The Labute approximate surface area is 211 Å². The quantitative estimate of drug-likeness (QED) is 0.144. The second kappa shape index (κ2) is 11.8. The van der Waals surface area contributed by atoms with Crippen molar-refractivity contribution in [2.75, 3.05) is 12.4 Å². The molecule has 0 aliphatic heterocycles. The summed E-state index contributed by atoms with van der Waals surface area (Å²) in [5, 5.41) is 22.8. The number of carboxylic acids is 1. The minimum atomic E-state index is -0.833. The molecule has 0 spiro atoms. The number of nitrogen functional groups attached to an aromatic ring is 1. The molecule has 0 amide bonds. The van der Waals surface area contributed by atoms with Crippen molar-refractivity contribution in [2.24, 2.45) is 5.73 Å². The van der Waals surface area contributed by atoms with Gasteiger partial charge in [-0.3, -0.25) is 15.2 Å². The van der Waals surface area contributed by atoms with Gasteiger partial charge >= 0.3 is 5.69 Å². The Morgan fingerprint density at radius 1 is 1.24 bits per heavy atom. The van der Waals surface area contributed by atoms with Gasteiger partial charge < -0.3 is 20.9 Å². The fraction of sp³-hybridized carbons (Fsp3) is 0.120. The number of nitrogens with two attached hydrogens (primary N) is 1. The summed E-state index contributed by atoms with van der Waals surface area (Å²) >= 11 is 0. The number of amidine groups is 1. The summed E-state index contributed by atoms with van der Waals surface area (Å²) in [5.74, 6) is 2.77. The van der Waals surface area contributed by atoms with Crippen LogP contribution in [-0.4, -0.2) is 48.8 Å². The van der Waals surface area contributed by atoms with Crippen LogP contribution < -0.4 is 21.5 Å². The highest BCUT2D eigenvalue weighted by Crippen LogP contribution is 2.28. The van der Waals surface area contributed by atoms with Gasteiger partial charge in [0.15, 0.2) is 5.82 Å². The molecular weight excluding hydrogens is 476 g/mol. The number of aromatic nitrogens is 5. The third-order valence-corrected chi connectivity index (χ3v) is 4.82. The standard InChI is InChI=1S/C23H20N8O2.C2H4O2/c1-3-14-11-16(13-18(12-14)33-2)19(28-17-7-5-15(6-8-17)20(24)25)21-29-23(32)31(30-21)22-26-9-4-10-27-22;1-2(3)4/h1,4-13,19,28H,2H3,(H3,24,25)(H,29,30,32);1H3,(H,3,4)/t19-;/m0./s1. The molecular formula is C25H24N8O4. The molecule has 0 saturated carbocycles. The molecule has 37 heavy (non-hydrogen) atoms. The number of anilines is 1. The summed E-state index contributed by atoms with van der Waals surface area (Å²) < 4.78 is 6.48. The molecule has 4 aromatic rings. The van der Waals surface area contributed by atoms with Gasteiger partial charge in [-0.15, -0.1) is 16.2 Å². The first-order chi connectivity index (χ1) is 17.7. The molecule has 1 atom stereocenters. The Bertz CT molecular complexity index is 1480. The number of H-pyrrole nitrogens is 1. The molecule has 4 rings (SSSR count). The number of benzene rings is 2. The van der Waals surface area contributed by atoms with Crippen LogP contribution in [0.3, 0.4) is 0 Å². The van der Waals surface area contributed by atoms with E-state index in [9.17, 15) is 4.79 Å². The molecule has 2 aromatic heterocycles. The van der Waals surface area contributed by atoms with Crippen molar-refractivity contribution < 1.29 is 14.6 Å². The number of nitrogens with one attached hydrogen (secondary N) is 3. The summed E-state index contributed by atoms with van der Waals surface area (Å²) in [4.78, 5) is 32.6. The zero-order valence-electron chi connectivity index (χ0n) is 20.0. The number of aromatic amines is 1. The third kappa shape index (κ3) is 6.80. The van der Waals surface area contributed by atoms with E-state index >= 15 is 0 Å². The summed E-state index contributed by atoms with van der Waals surface area (Å²) in [6.07, 6.45) is 8.68. The van der Waals surface area contributed by atoms with Gasteiger partial charge in [-0.1, -0.05) is 5.92 Å². The van der Waals surface area contributed by atoms with Gasteiger partial charge in [0.2, 0.25) is 0 Å². The van der Waals surface area contributed by atoms with Crippen molar-refractivity contribution in [1.29, 1.82) is 5.41 Å². The van der Waals surface area contributed by atoms with E-state index < -0.39 is 17.7 Å². The Balaban J connectivity index is 0.000000886. The first-order valence-electron chi connectivity index (χ1n) is 10.7. The zero-order valence-corrected chi connectivity index (χ0v) is 20.0. The van der Waals surface area contributed by atoms with Gasteiger partial charge in [-0.2, -0.15) is 0 Å². The zero-order chi connectivity index (χ0) is 26.9. The highest BCUT2D eigenvalue weighted by Gasteiger charge is 2.22. The molecule has 0 aliphatic carbocycles. The summed E-state index contributed by atoms with van der Waals surface area (Å²) in [6.45, 7) is 1.08. The third-order valence-electron chi connectivity index (χ3n) is 4.82. The molecule has 12 nitrogen and oxygen atoms in total. The van der Waals surface area contributed by atoms with Crippen LogP contribution in [0.15, 0.2) is 65.7 Å². The lowest BCUT2D eigenvalue weighted by atomic mass is 10.0. The van der Waals surface area contributed by atoms with Crippen LogP contribution in [0, 0.1) is 17.8 Å². The Kier molecular flexibility index (Phi) is 8.35. The van der Waals surface area contributed by atoms with E-state index in [4.69, 9.17) is 32.2 Å². The van der Waals surface area contributed by atoms with Gasteiger partial charge in [-0.25, -0.2) is 14.8 Å². The van der Waals surface area contributed by atoms with Crippen LogP contribution in [0.2, 0.25) is 0 Å². The highest BCUT2D eigenvalue weighted by atomic mass is 16.5. The Morgan fingerprint density at radius 2 is 1.89 bits per heavy atom. The normalized spacial score (nSPS) is 10.8. The first kappa shape index (κ1) is 26.2. The molecule has 0 bridgehead atoms. The average molecular weight is 501 g/mol. The molecule has 6 N–H and O–H groups in total.